The summed E-state index contributed by atoms with van der Waals surface area (Å²) in [6, 6.07) is 10.2. The van der Waals surface area contributed by atoms with Crippen LogP contribution < -0.4 is 5.32 Å². The van der Waals surface area contributed by atoms with E-state index < -0.39 is 11.7 Å². The van der Waals surface area contributed by atoms with Crippen LogP contribution in [0.5, 0.6) is 0 Å². The number of hydrogen-bond acceptors (Lipinski definition) is 2. The summed E-state index contributed by atoms with van der Waals surface area (Å²) in [7, 11) is 0. The van der Waals surface area contributed by atoms with E-state index in [0.29, 0.717) is 24.0 Å². The van der Waals surface area contributed by atoms with E-state index in [-0.39, 0.29) is 5.91 Å². The highest BCUT2D eigenvalue weighted by Crippen LogP contribution is 2.29. The second-order valence-electron chi connectivity index (χ2n) is 5.34. The molecule has 0 radical (unpaired) electrons. The van der Waals surface area contributed by atoms with E-state index in [2.05, 4.69) is 15.5 Å². The van der Waals surface area contributed by atoms with Crippen LogP contribution in [0.15, 0.2) is 48.7 Å². The van der Waals surface area contributed by atoms with Crippen LogP contribution in [0.3, 0.4) is 0 Å². The molecule has 1 heterocycles. The molecule has 3 rings (SSSR count). The molecule has 0 aliphatic rings. The Hall–Kier alpha value is -2.83. The molecule has 0 unspecified atom stereocenters. The third kappa shape index (κ3) is 3.40. The number of carbonyl (C=O) groups is 1. The number of nitrogens with one attached hydrogen (secondary N) is 2. The second kappa shape index (κ2) is 6.35. The van der Waals surface area contributed by atoms with Crippen LogP contribution in [0.2, 0.25) is 0 Å². The fourth-order valence-corrected chi connectivity index (χ4v) is 2.43. The zero-order valence-electron chi connectivity index (χ0n) is 12.5. The Labute approximate surface area is 135 Å². The third-order valence-corrected chi connectivity index (χ3v) is 3.70. The smallest absolute Gasteiger partial charge is 0.352 e. The predicted molar refractivity (Wildman–Crippen MR) is 83.6 cm³/mol. The average molecular weight is 333 g/mol. The molecule has 0 bridgehead atoms. The van der Waals surface area contributed by atoms with Gasteiger partial charge in [0.05, 0.1) is 22.8 Å². The Morgan fingerprint density at radius 1 is 1.12 bits per heavy atom. The van der Waals surface area contributed by atoms with E-state index in [1.807, 2.05) is 6.07 Å². The Balaban J connectivity index is 1.60. The van der Waals surface area contributed by atoms with Crippen molar-refractivity contribution in [1.29, 1.82) is 0 Å². The fourth-order valence-electron chi connectivity index (χ4n) is 2.43. The number of aromatic amines is 1. The van der Waals surface area contributed by atoms with Gasteiger partial charge < -0.3 is 5.32 Å². The van der Waals surface area contributed by atoms with Crippen molar-refractivity contribution in [2.45, 2.75) is 12.6 Å². The minimum Gasteiger partial charge on any atom is -0.352 e. The van der Waals surface area contributed by atoms with E-state index in [1.54, 1.807) is 18.3 Å². The van der Waals surface area contributed by atoms with Gasteiger partial charge in [0.25, 0.3) is 5.91 Å². The Kier molecular flexibility index (Phi) is 4.24. The van der Waals surface area contributed by atoms with Gasteiger partial charge in [0.2, 0.25) is 0 Å². The first-order chi connectivity index (χ1) is 11.4. The van der Waals surface area contributed by atoms with Gasteiger partial charge in [0.15, 0.2) is 0 Å². The number of para-hydroxylation sites is 1. The summed E-state index contributed by atoms with van der Waals surface area (Å²) in [5.74, 6) is -0.253. The topological polar surface area (TPSA) is 57.8 Å². The van der Waals surface area contributed by atoms with Crippen LogP contribution in [0.1, 0.15) is 21.5 Å². The van der Waals surface area contributed by atoms with Crippen LogP contribution in [-0.4, -0.2) is 22.6 Å². The van der Waals surface area contributed by atoms with Gasteiger partial charge in [-0.2, -0.15) is 18.3 Å². The van der Waals surface area contributed by atoms with Gasteiger partial charge in [0, 0.05) is 11.9 Å². The maximum atomic E-state index is 12.5. The van der Waals surface area contributed by atoms with Gasteiger partial charge in [0.1, 0.15) is 0 Å². The number of fused-ring (bicyclic) bond motifs is 1. The highest BCUT2D eigenvalue weighted by atomic mass is 19.4. The van der Waals surface area contributed by atoms with E-state index in [4.69, 9.17) is 0 Å². The monoisotopic (exact) mass is 333 g/mol. The molecule has 0 aliphatic heterocycles. The Bertz CT molecular complexity index is 853. The zero-order valence-corrected chi connectivity index (χ0v) is 12.5. The lowest BCUT2D eigenvalue weighted by Crippen LogP contribution is -2.26. The number of aromatic nitrogens is 2. The molecule has 1 aromatic heterocycles. The quantitative estimate of drug-likeness (QED) is 0.767. The van der Waals surface area contributed by atoms with Crippen molar-refractivity contribution in [2.24, 2.45) is 0 Å². The molecule has 0 fully saturated rings. The standard InChI is InChI=1S/C17H14F3N3O/c18-17(19,20)13-6-4-11(5-7-13)8-9-21-16(24)14-3-1-2-12-10-22-23-15(12)14/h1-7,10H,8-9H2,(H,21,24)(H,22,23). The normalized spacial score (nSPS) is 11.6. The van der Waals surface area contributed by atoms with Gasteiger partial charge in [-0.1, -0.05) is 24.3 Å². The van der Waals surface area contributed by atoms with Crippen LogP contribution in [-0.2, 0) is 12.6 Å². The molecule has 4 nitrogen and oxygen atoms in total. The first-order valence-electron chi connectivity index (χ1n) is 7.31. The first-order valence-corrected chi connectivity index (χ1v) is 7.31. The molecule has 0 saturated carbocycles. The van der Waals surface area contributed by atoms with Crippen LogP contribution in [0.4, 0.5) is 13.2 Å². The van der Waals surface area contributed by atoms with Crippen LogP contribution in [0.25, 0.3) is 10.9 Å². The molecule has 1 amide bonds. The van der Waals surface area contributed by atoms with E-state index in [0.717, 1.165) is 23.1 Å². The number of carbonyl (C=O) groups excluding carboxylic acids is 1. The van der Waals surface area contributed by atoms with Crippen molar-refractivity contribution in [3.63, 3.8) is 0 Å². The molecule has 0 spiro atoms. The molecule has 7 heteroatoms. The largest absolute Gasteiger partial charge is 0.416 e. The third-order valence-electron chi connectivity index (χ3n) is 3.70. The first kappa shape index (κ1) is 16.0. The molecule has 0 atom stereocenters. The number of H-pyrrole nitrogens is 1. The van der Waals surface area contributed by atoms with Crippen molar-refractivity contribution in [3.05, 3.63) is 65.4 Å². The molecule has 0 aliphatic carbocycles. The molecular formula is C17H14F3N3O. The highest BCUT2D eigenvalue weighted by Gasteiger charge is 2.29. The SMILES string of the molecule is O=C(NCCc1ccc(C(F)(F)F)cc1)c1cccc2cn[nH]c12. The minimum atomic E-state index is -4.34. The second-order valence-corrected chi connectivity index (χ2v) is 5.34. The maximum Gasteiger partial charge on any atom is 0.416 e. The Morgan fingerprint density at radius 3 is 2.58 bits per heavy atom. The lowest BCUT2D eigenvalue weighted by molar-refractivity contribution is -0.137. The average Bonchev–Trinajstić information content (AvgIpc) is 3.03. The molecule has 3 aromatic rings. The van der Waals surface area contributed by atoms with Crippen molar-refractivity contribution in [2.75, 3.05) is 6.54 Å². The maximum absolute atomic E-state index is 12.5. The number of halogens is 3. The van der Waals surface area contributed by atoms with Crippen molar-refractivity contribution < 1.29 is 18.0 Å². The summed E-state index contributed by atoms with van der Waals surface area (Å²) in [6.45, 7) is 0.328. The summed E-state index contributed by atoms with van der Waals surface area (Å²) < 4.78 is 37.5. The summed E-state index contributed by atoms with van der Waals surface area (Å²) in [4.78, 5) is 12.2. The number of nitrogens with zero attached hydrogens (tertiary/aromatic N) is 1. The number of amides is 1. The molecule has 2 N–H and O–H groups in total. The number of hydrogen-bond donors (Lipinski definition) is 2. The lowest BCUT2D eigenvalue weighted by atomic mass is 10.1. The van der Waals surface area contributed by atoms with Crippen LogP contribution in [0, 0.1) is 0 Å². The number of benzene rings is 2. The lowest BCUT2D eigenvalue weighted by Gasteiger charge is -2.09. The molecular weight excluding hydrogens is 319 g/mol. The molecule has 124 valence electrons. The fraction of sp³-hybridized carbons (Fsp3) is 0.176. The van der Waals surface area contributed by atoms with Crippen molar-refractivity contribution in [1.82, 2.24) is 15.5 Å². The van der Waals surface area contributed by atoms with Crippen molar-refractivity contribution in [3.8, 4) is 0 Å². The Morgan fingerprint density at radius 2 is 1.88 bits per heavy atom. The van der Waals surface area contributed by atoms with Gasteiger partial charge in [-0.25, -0.2) is 0 Å². The number of alkyl halides is 3. The minimum absolute atomic E-state index is 0.253. The summed E-state index contributed by atoms with van der Waals surface area (Å²) in [6.07, 6.45) is -2.26. The summed E-state index contributed by atoms with van der Waals surface area (Å²) in [5, 5.41) is 10.3. The van der Waals surface area contributed by atoms with Crippen molar-refractivity contribution >= 4 is 16.8 Å². The van der Waals surface area contributed by atoms with Crippen LogP contribution >= 0.6 is 0 Å². The van der Waals surface area contributed by atoms with E-state index >= 15 is 0 Å². The van der Waals surface area contributed by atoms with Gasteiger partial charge >= 0.3 is 6.18 Å². The number of rotatable bonds is 4. The summed E-state index contributed by atoms with van der Waals surface area (Å²) in [5.41, 5.74) is 1.19. The highest BCUT2D eigenvalue weighted by molar-refractivity contribution is 6.05. The van der Waals surface area contributed by atoms with Gasteiger partial charge in [-0.3, -0.25) is 9.89 Å². The van der Waals surface area contributed by atoms with Gasteiger partial charge in [-0.05, 0) is 30.2 Å². The zero-order chi connectivity index (χ0) is 17.2. The molecule has 2 aromatic carbocycles. The predicted octanol–water partition coefficient (Wildman–Crippen LogP) is 3.55. The molecule has 0 saturated heterocycles. The summed E-state index contributed by atoms with van der Waals surface area (Å²) >= 11 is 0. The van der Waals surface area contributed by atoms with E-state index in [9.17, 15) is 18.0 Å². The van der Waals surface area contributed by atoms with E-state index in [1.165, 1.54) is 12.1 Å². The van der Waals surface area contributed by atoms with Gasteiger partial charge in [-0.15, -0.1) is 0 Å². The molecule has 24 heavy (non-hydrogen) atoms.